The van der Waals surface area contributed by atoms with Gasteiger partial charge in [-0.25, -0.2) is 15.0 Å². The van der Waals surface area contributed by atoms with Crippen molar-refractivity contribution >= 4 is 5.82 Å². The number of H-pyrrole nitrogens is 1. The molecule has 1 atom stereocenters. The first-order valence-corrected chi connectivity index (χ1v) is 10.0. The van der Waals surface area contributed by atoms with Crippen molar-refractivity contribution < 1.29 is 5.11 Å². The van der Waals surface area contributed by atoms with Crippen molar-refractivity contribution in [2.24, 2.45) is 5.92 Å². The number of aryl methyl sites for hydroxylation is 1. The number of fused-ring (bicyclic) bond motifs is 1. The van der Waals surface area contributed by atoms with E-state index >= 15 is 0 Å². The van der Waals surface area contributed by atoms with Crippen LogP contribution in [0, 0.1) is 5.92 Å². The summed E-state index contributed by atoms with van der Waals surface area (Å²) < 4.78 is 0. The van der Waals surface area contributed by atoms with Gasteiger partial charge in [-0.05, 0) is 50.2 Å². The molecule has 4 heterocycles. The van der Waals surface area contributed by atoms with E-state index in [2.05, 4.69) is 19.9 Å². The number of hydrogen-bond donors (Lipinski definition) is 2. The Hall–Kier alpha value is -2.80. The summed E-state index contributed by atoms with van der Waals surface area (Å²) in [6, 6.07) is 3.93. The highest BCUT2D eigenvalue weighted by Crippen LogP contribution is 2.35. The second kappa shape index (κ2) is 7.31. The van der Waals surface area contributed by atoms with Gasteiger partial charge >= 0.3 is 0 Å². The normalized spacial score (nSPS) is 18.2. The Labute approximate surface area is 163 Å². The molecule has 0 saturated carbocycles. The Kier molecular flexibility index (Phi) is 4.52. The van der Waals surface area contributed by atoms with E-state index in [-0.39, 0.29) is 5.92 Å². The molecule has 1 saturated heterocycles. The minimum absolute atomic E-state index is 0.219. The summed E-state index contributed by atoms with van der Waals surface area (Å²) in [5, 5.41) is 10.6. The molecule has 0 radical (unpaired) electrons. The Morgan fingerprint density at radius 1 is 1.07 bits per heavy atom. The number of pyridine rings is 1. The molecule has 0 bridgehead atoms. The number of aromatic amines is 1. The van der Waals surface area contributed by atoms with Gasteiger partial charge in [-0.15, -0.1) is 0 Å². The van der Waals surface area contributed by atoms with Gasteiger partial charge in [0.25, 0.3) is 0 Å². The highest BCUT2D eigenvalue weighted by atomic mass is 16.3. The molecule has 144 valence electrons. The van der Waals surface area contributed by atoms with Crippen LogP contribution in [0.3, 0.4) is 0 Å². The molecule has 1 unspecified atom stereocenters. The average molecular weight is 376 g/mol. The van der Waals surface area contributed by atoms with E-state index in [0.717, 1.165) is 62.4 Å². The summed E-state index contributed by atoms with van der Waals surface area (Å²) in [4.78, 5) is 23.5. The van der Waals surface area contributed by atoms with E-state index in [1.54, 1.807) is 24.8 Å². The monoisotopic (exact) mass is 376 g/mol. The lowest BCUT2D eigenvalue weighted by Gasteiger charge is -2.35. The van der Waals surface area contributed by atoms with Crippen LogP contribution in [0.2, 0.25) is 0 Å². The molecule has 2 N–H and O–H groups in total. The van der Waals surface area contributed by atoms with E-state index < -0.39 is 6.10 Å². The summed E-state index contributed by atoms with van der Waals surface area (Å²) in [6.45, 7) is 1.78. The van der Waals surface area contributed by atoms with Crippen LogP contribution in [0.4, 0.5) is 5.82 Å². The number of aliphatic hydroxyl groups excluding tert-OH is 1. The van der Waals surface area contributed by atoms with Gasteiger partial charge < -0.3 is 15.0 Å². The standard InChI is InChI=1S/C21H24N6O/c28-18(20-23-10-11-24-20)14-6-12-27(13-7-14)21-16-2-1-3-17(16)25-19(26-21)15-4-8-22-9-5-15/h4-5,8-11,14,18,28H,1-3,6-7,12-13H2,(H,23,24). The maximum absolute atomic E-state index is 10.6. The predicted octanol–water partition coefficient (Wildman–Crippen LogP) is 2.70. The van der Waals surface area contributed by atoms with Gasteiger partial charge in [0, 0.05) is 54.7 Å². The smallest absolute Gasteiger partial charge is 0.161 e. The van der Waals surface area contributed by atoms with Crippen LogP contribution in [-0.4, -0.2) is 43.1 Å². The second-order valence-corrected chi connectivity index (χ2v) is 7.63. The third kappa shape index (κ3) is 3.16. The summed E-state index contributed by atoms with van der Waals surface area (Å²) in [5.74, 6) is 2.76. The molecule has 7 heteroatoms. The van der Waals surface area contributed by atoms with Crippen LogP contribution in [-0.2, 0) is 12.8 Å². The van der Waals surface area contributed by atoms with Crippen molar-refractivity contribution in [1.29, 1.82) is 0 Å². The summed E-state index contributed by atoms with van der Waals surface area (Å²) in [7, 11) is 0. The van der Waals surface area contributed by atoms with Crippen LogP contribution in [0.1, 0.15) is 42.4 Å². The van der Waals surface area contributed by atoms with Crippen LogP contribution < -0.4 is 4.90 Å². The lowest BCUT2D eigenvalue weighted by Crippen LogP contribution is -2.37. The molecular weight excluding hydrogens is 352 g/mol. The van der Waals surface area contributed by atoms with Crippen molar-refractivity contribution in [3.05, 3.63) is 54.0 Å². The minimum Gasteiger partial charge on any atom is -0.385 e. The van der Waals surface area contributed by atoms with Crippen molar-refractivity contribution in [3.63, 3.8) is 0 Å². The van der Waals surface area contributed by atoms with Crippen molar-refractivity contribution in [2.45, 2.75) is 38.2 Å². The topological polar surface area (TPSA) is 90.8 Å². The van der Waals surface area contributed by atoms with Gasteiger partial charge in [0.1, 0.15) is 17.7 Å². The highest BCUT2D eigenvalue weighted by molar-refractivity contribution is 5.61. The zero-order valence-corrected chi connectivity index (χ0v) is 15.8. The van der Waals surface area contributed by atoms with Gasteiger partial charge in [0.2, 0.25) is 0 Å². The lowest BCUT2D eigenvalue weighted by atomic mass is 9.90. The number of nitrogens with zero attached hydrogens (tertiary/aromatic N) is 5. The van der Waals surface area contributed by atoms with Crippen LogP contribution >= 0.6 is 0 Å². The summed E-state index contributed by atoms with van der Waals surface area (Å²) >= 11 is 0. The Balaban J connectivity index is 1.39. The first-order chi connectivity index (χ1) is 13.8. The lowest BCUT2D eigenvalue weighted by molar-refractivity contribution is 0.0856. The van der Waals surface area contributed by atoms with Crippen molar-refractivity contribution in [1.82, 2.24) is 24.9 Å². The van der Waals surface area contributed by atoms with Crippen molar-refractivity contribution in [2.75, 3.05) is 18.0 Å². The molecule has 1 fully saturated rings. The Bertz CT molecular complexity index is 935. The number of piperidine rings is 1. The molecule has 0 spiro atoms. The first-order valence-electron chi connectivity index (χ1n) is 10.0. The Morgan fingerprint density at radius 2 is 1.89 bits per heavy atom. The van der Waals surface area contributed by atoms with Gasteiger partial charge in [0.15, 0.2) is 5.82 Å². The van der Waals surface area contributed by atoms with Gasteiger partial charge in [-0.1, -0.05) is 0 Å². The summed E-state index contributed by atoms with van der Waals surface area (Å²) in [5.41, 5.74) is 3.51. The zero-order chi connectivity index (χ0) is 18.9. The van der Waals surface area contributed by atoms with Crippen LogP contribution in [0.15, 0.2) is 36.9 Å². The Morgan fingerprint density at radius 3 is 2.64 bits per heavy atom. The van der Waals surface area contributed by atoms with Crippen LogP contribution in [0.25, 0.3) is 11.4 Å². The van der Waals surface area contributed by atoms with E-state index in [9.17, 15) is 5.11 Å². The fourth-order valence-electron chi connectivity index (χ4n) is 4.39. The van der Waals surface area contributed by atoms with Gasteiger partial charge in [0.05, 0.1) is 0 Å². The third-order valence-corrected chi connectivity index (χ3v) is 5.94. The number of hydrogen-bond acceptors (Lipinski definition) is 6. The molecule has 0 amide bonds. The number of rotatable bonds is 4. The van der Waals surface area contributed by atoms with E-state index in [0.29, 0.717) is 5.82 Å². The van der Waals surface area contributed by atoms with Crippen molar-refractivity contribution in [3.8, 4) is 11.4 Å². The molecule has 3 aromatic rings. The maximum atomic E-state index is 10.6. The quantitative estimate of drug-likeness (QED) is 0.728. The molecule has 2 aliphatic rings. The number of aromatic nitrogens is 5. The molecule has 28 heavy (non-hydrogen) atoms. The second-order valence-electron chi connectivity index (χ2n) is 7.63. The van der Waals surface area contributed by atoms with E-state index in [1.807, 2.05) is 12.1 Å². The molecule has 1 aliphatic heterocycles. The zero-order valence-electron chi connectivity index (χ0n) is 15.8. The molecule has 5 rings (SSSR count). The summed E-state index contributed by atoms with van der Waals surface area (Å²) in [6.07, 6.45) is 11.6. The molecule has 0 aromatic carbocycles. The average Bonchev–Trinajstić information content (AvgIpc) is 3.45. The SMILES string of the molecule is OC(c1ncc[nH]1)C1CCN(c2nc(-c3ccncc3)nc3c2CCC3)CC1. The minimum atomic E-state index is -0.527. The number of imidazole rings is 1. The maximum Gasteiger partial charge on any atom is 0.161 e. The largest absolute Gasteiger partial charge is 0.385 e. The number of anilines is 1. The molecular formula is C21H24N6O. The fraction of sp³-hybridized carbons (Fsp3) is 0.429. The predicted molar refractivity (Wildman–Crippen MR) is 106 cm³/mol. The van der Waals surface area contributed by atoms with Gasteiger partial charge in [-0.3, -0.25) is 4.98 Å². The number of nitrogens with one attached hydrogen (secondary N) is 1. The van der Waals surface area contributed by atoms with Crippen LogP contribution in [0.5, 0.6) is 0 Å². The third-order valence-electron chi connectivity index (χ3n) is 5.94. The fourth-order valence-corrected chi connectivity index (χ4v) is 4.39. The van der Waals surface area contributed by atoms with E-state index in [4.69, 9.17) is 9.97 Å². The first kappa shape index (κ1) is 17.3. The molecule has 7 nitrogen and oxygen atoms in total. The van der Waals surface area contributed by atoms with E-state index in [1.165, 1.54) is 11.3 Å². The number of aliphatic hydroxyl groups is 1. The molecule has 3 aromatic heterocycles. The molecule has 1 aliphatic carbocycles. The highest BCUT2D eigenvalue weighted by Gasteiger charge is 2.30. The van der Waals surface area contributed by atoms with Gasteiger partial charge in [-0.2, -0.15) is 0 Å².